The van der Waals surface area contributed by atoms with Crippen LogP contribution in [0.2, 0.25) is 0 Å². The SMILES string of the molecule is COc1ccc(C(=O)C=Cc2ccc(O)cc2O)c(OC)c1. The zero-order chi connectivity index (χ0) is 16.1. The minimum absolute atomic E-state index is 0.0437. The number of ether oxygens (including phenoxy) is 2. The van der Waals surface area contributed by atoms with Gasteiger partial charge in [-0.1, -0.05) is 0 Å². The van der Waals surface area contributed by atoms with Crippen LogP contribution in [-0.4, -0.2) is 30.2 Å². The van der Waals surface area contributed by atoms with Crippen molar-refractivity contribution in [1.82, 2.24) is 0 Å². The predicted octanol–water partition coefficient (Wildman–Crippen LogP) is 3.01. The summed E-state index contributed by atoms with van der Waals surface area (Å²) in [5, 5.41) is 18.9. The molecule has 2 N–H and O–H groups in total. The lowest BCUT2D eigenvalue weighted by Gasteiger charge is -2.08. The van der Waals surface area contributed by atoms with Crippen LogP contribution in [0.4, 0.5) is 0 Å². The number of rotatable bonds is 5. The lowest BCUT2D eigenvalue weighted by molar-refractivity contribution is 0.104. The molecule has 0 saturated heterocycles. The molecule has 2 aromatic carbocycles. The van der Waals surface area contributed by atoms with Gasteiger partial charge in [0.25, 0.3) is 0 Å². The van der Waals surface area contributed by atoms with Crippen LogP contribution in [0.1, 0.15) is 15.9 Å². The lowest BCUT2D eigenvalue weighted by Crippen LogP contribution is -1.99. The Hall–Kier alpha value is -2.95. The molecular formula is C17H16O5. The summed E-state index contributed by atoms with van der Waals surface area (Å²) < 4.78 is 10.3. The molecule has 0 saturated carbocycles. The minimum Gasteiger partial charge on any atom is -0.508 e. The number of carbonyl (C=O) groups excluding carboxylic acids is 1. The molecule has 0 aromatic heterocycles. The molecule has 0 aliphatic carbocycles. The Morgan fingerprint density at radius 1 is 1.05 bits per heavy atom. The van der Waals surface area contributed by atoms with E-state index in [4.69, 9.17) is 9.47 Å². The van der Waals surface area contributed by atoms with Gasteiger partial charge in [0.05, 0.1) is 19.8 Å². The van der Waals surface area contributed by atoms with Gasteiger partial charge in [0, 0.05) is 17.7 Å². The van der Waals surface area contributed by atoms with Gasteiger partial charge in [-0.3, -0.25) is 4.79 Å². The summed E-state index contributed by atoms with van der Waals surface area (Å²) in [4.78, 5) is 12.2. The molecule has 0 atom stereocenters. The second-order valence-electron chi connectivity index (χ2n) is 4.51. The van der Waals surface area contributed by atoms with Crippen LogP contribution < -0.4 is 9.47 Å². The summed E-state index contributed by atoms with van der Waals surface area (Å²) in [7, 11) is 3.00. The zero-order valence-electron chi connectivity index (χ0n) is 12.2. The number of hydrogen-bond donors (Lipinski definition) is 2. The van der Waals surface area contributed by atoms with Gasteiger partial charge < -0.3 is 19.7 Å². The molecule has 0 radical (unpaired) electrons. The van der Waals surface area contributed by atoms with E-state index in [2.05, 4.69) is 0 Å². The van der Waals surface area contributed by atoms with Crippen LogP contribution in [0, 0.1) is 0 Å². The molecule has 0 bridgehead atoms. The Balaban J connectivity index is 2.27. The van der Waals surface area contributed by atoms with E-state index in [1.165, 1.54) is 44.6 Å². The lowest BCUT2D eigenvalue weighted by atomic mass is 10.1. The Kier molecular flexibility index (Phi) is 4.68. The maximum atomic E-state index is 12.2. The van der Waals surface area contributed by atoms with E-state index >= 15 is 0 Å². The average Bonchev–Trinajstić information content (AvgIpc) is 2.53. The van der Waals surface area contributed by atoms with Crippen molar-refractivity contribution in [3.05, 3.63) is 53.6 Å². The summed E-state index contributed by atoms with van der Waals surface area (Å²) in [5.74, 6) is 0.577. The quantitative estimate of drug-likeness (QED) is 0.655. The van der Waals surface area contributed by atoms with Gasteiger partial charge in [0.2, 0.25) is 0 Å². The maximum Gasteiger partial charge on any atom is 0.189 e. The van der Waals surface area contributed by atoms with Crippen molar-refractivity contribution < 1.29 is 24.5 Å². The minimum atomic E-state index is -0.271. The van der Waals surface area contributed by atoms with Crippen molar-refractivity contribution in [3.8, 4) is 23.0 Å². The average molecular weight is 300 g/mol. The summed E-state index contributed by atoms with van der Waals surface area (Å²) in [6.07, 6.45) is 2.80. The van der Waals surface area contributed by atoms with Gasteiger partial charge in [0.15, 0.2) is 5.78 Å². The standard InChI is InChI=1S/C17H16O5/c1-21-13-6-7-14(17(10-13)22-2)15(19)8-4-11-3-5-12(18)9-16(11)20/h3-10,18,20H,1-2H3. The Bertz CT molecular complexity index is 719. The highest BCUT2D eigenvalue weighted by Gasteiger charge is 2.11. The molecule has 0 unspecified atom stereocenters. The second-order valence-corrected chi connectivity index (χ2v) is 4.51. The van der Waals surface area contributed by atoms with Gasteiger partial charge >= 0.3 is 0 Å². The molecule has 0 heterocycles. The maximum absolute atomic E-state index is 12.2. The summed E-state index contributed by atoms with van der Waals surface area (Å²) in [6, 6.07) is 9.05. The monoisotopic (exact) mass is 300 g/mol. The van der Waals surface area contributed by atoms with Crippen molar-refractivity contribution in [2.75, 3.05) is 14.2 Å². The van der Waals surface area contributed by atoms with Crippen LogP contribution in [0.25, 0.3) is 6.08 Å². The molecular weight excluding hydrogens is 284 g/mol. The molecule has 0 amide bonds. The van der Waals surface area contributed by atoms with Crippen molar-refractivity contribution in [3.63, 3.8) is 0 Å². The van der Waals surface area contributed by atoms with E-state index in [1.54, 1.807) is 18.2 Å². The van der Waals surface area contributed by atoms with E-state index in [-0.39, 0.29) is 17.3 Å². The molecule has 5 nitrogen and oxygen atoms in total. The van der Waals surface area contributed by atoms with Crippen LogP contribution in [0.15, 0.2) is 42.5 Å². The number of ketones is 1. The molecule has 2 rings (SSSR count). The van der Waals surface area contributed by atoms with Crippen molar-refractivity contribution >= 4 is 11.9 Å². The highest BCUT2D eigenvalue weighted by atomic mass is 16.5. The number of aromatic hydroxyl groups is 2. The molecule has 0 aliphatic heterocycles. The summed E-state index contributed by atoms with van der Waals surface area (Å²) >= 11 is 0. The first-order chi connectivity index (χ1) is 10.5. The van der Waals surface area contributed by atoms with Crippen LogP contribution >= 0.6 is 0 Å². The first-order valence-corrected chi connectivity index (χ1v) is 6.51. The third-order valence-corrected chi connectivity index (χ3v) is 3.10. The highest BCUT2D eigenvalue weighted by Crippen LogP contribution is 2.27. The molecule has 114 valence electrons. The number of benzene rings is 2. The number of methoxy groups -OCH3 is 2. The van der Waals surface area contributed by atoms with E-state index < -0.39 is 0 Å². The van der Waals surface area contributed by atoms with Crippen LogP contribution in [-0.2, 0) is 0 Å². The zero-order valence-corrected chi connectivity index (χ0v) is 12.2. The van der Waals surface area contributed by atoms with Crippen LogP contribution in [0.3, 0.4) is 0 Å². The van der Waals surface area contributed by atoms with E-state index in [9.17, 15) is 15.0 Å². The topological polar surface area (TPSA) is 76.0 Å². The van der Waals surface area contributed by atoms with E-state index in [0.717, 1.165) is 0 Å². The second kappa shape index (κ2) is 6.67. The summed E-state index contributed by atoms with van der Waals surface area (Å²) in [5.41, 5.74) is 0.816. The van der Waals surface area contributed by atoms with Crippen LogP contribution in [0.5, 0.6) is 23.0 Å². The fraction of sp³-hybridized carbons (Fsp3) is 0.118. The highest BCUT2D eigenvalue weighted by molar-refractivity contribution is 6.08. The number of hydrogen-bond acceptors (Lipinski definition) is 5. The molecule has 0 aliphatic rings. The molecule has 0 fully saturated rings. The first kappa shape index (κ1) is 15.4. The Labute approximate surface area is 128 Å². The van der Waals surface area contributed by atoms with Gasteiger partial charge in [-0.05, 0) is 36.4 Å². The number of phenols is 2. The van der Waals surface area contributed by atoms with Crippen molar-refractivity contribution in [2.24, 2.45) is 0 Å². The number of phenolic OH excluding ortho intramolecular Hbond substituents is 2. The van der Waals surface area contributed by atoms with Gasteiger partial charge in [-0.25, -0.2) is 0 Å². The van der Waals surface area contributed by atoms with Crippen molar-refractivity contribution in [2.45, 2.75) is 0 Å². The summed E-state index contributed by atoms with van der Waals surface area (Å²) in [6.45, 7) is 0. The third-order valence-electron chi connectivity index (χ3n) is 3.10. The van der Waals surface area contributed by atoms with Gasteiger partial charge in [0.1, 0.15) is 23.0 Å². The van der Waals surface area contributed by atoms with E-state index in [0.29, 0.717) is 22.6 Å². The predicted molar refractivity (Wildman–Crippen MR) is 82.7 cm³/mol. The number of allylic oxidation sites excluding steroid dienone is 1. The van der Waals surface area contributed by atoms with Crippen molar-refractivity contribution in [1.29, 1.82) is 0 Å². The van der Waals surface area contributed by atoms with Gasteiger partial charge in [-0.2, -0.15) is 0 Å². The van der Waals surface area contributed by atoms with E-state index in [1.807, 2.05) is 0 Å². The largest absolute Gasteiger partial charge is 0.508 e. The normalized spacial score (nSPS) is 10.6. The third kappa shape index (κ3) is 3.38. The molecule has 22 heavy (non-hydrogen) atoms. The smallest absolute Gasteiger partial charge is 0.189 e. The fourth-order valence-electron chi connectivity index (χ4n) is 1.93. The first-order valence-electron chi connectivity index (χ1n) is 6.51. The Morgan fingerprint density at radius 3 is 2.45 bits per heavy atom. The van der Waals surface area contributed by atoms with Gasteiger partial charge in [-0.15, -0.1) is 0 Å². The fourth-order valence-corrected chi connectivity index (χ4v) is 1.93. The molecule has 2 aromatic rings. The molecule has 0 spiro atoms. The molecule has 5 heteroatoms. The Morgan fingerprint density at radius 2 is 1.82 bits per heavy atom. The number of carbonyl (C=O) groups is 1.